The van der Waals surface area contributed by atoms with Crippen molar-refractivity contribution in [2.75, 3.05) is 11.9 Å². The first-order chi connectivity index (χ1) is 16.7. The molecule has 35 heavy (non-hydrogen) atoms. The monoisotopic (exact) mass is 518 g/mol. The second-order valence-corrected chi connectivity index (χ2v) is 10.4. The Kier molecular flexibility index (Phi) is 6.19. The minimum absolute atomic E-state index is 0.0133. The van der Waals surface area contributed by atoms with Crippen LogP contribution in [0.3, 0.4) is 0 Å². The SMILES string of the molecule is CCOC(=O)c1cn(C2CC2)c2c(F)c(-c3cc4c(s3)C(O)CCC4)c(Cl)c(NC(C)=O)c2c1=O. The molecule has 10 heteroatoms. The highest BCUT2D eigenvalue weighted by atomic mass is 35.5. The van der Waals surface area contributed by atoms with Gasteiger partial charge in [-0.15, -0.1) is 11.3 Å². The minimum Gasteiger partial charge on any atom is -0.462 e. The Morgan fingerprint density at radius 1 is 1.34 bits per heavy atom. The summed E-state index contributed by atoms with van der Waals surface area (Å²) in [5, 5.41) is 12.7. The number of hydrogen-bond donors (Lipinski definition) is 2. The van der Waals surface area contributed by atoms with Crippen LogP contribution in [0.15, 0.2) is 17.1 Å². The predicted molar refractivity (Wildman–Crippen MR) is 133 cm³/mol. The van der Waals surface area contributed by atoms with Gasteiger partial charge < -0.3 is 19.7 Å². The Bertz CT molecular complexity index is 1440. The first kappa shape index (κ1) is 24.0. The van der Waals surface area contributed by atoms with Crippen LogP contribution in [0, 0.1) is 5.82 Å². The number of esters is 1. The zero-order valence-corrected chi connectivity index (χ0v) is 20.8. The molecule has 1 saturated carbocycles. The number of benzene rings is 1. The number of halogens is 2. The summed E-state index contributed by atoms with van der Waals surface area (Å²) in [7, 11) is 0. The Balaban J connectivity index is 1.87. The molecule has 1 fully saturated rings. The second-order valence-electron chi connectivity index (χ2n) is 8.92. The standard InChI is InChI=1S/C25H24ClFN2O5S/c1-3-34-25(33)14-10-29(13-7-8-13)22-18(23(14)32)21(28-11(2)30)19(26)17(20(22)27)16-9-12-5-4-6-15(31)24(12)35-16/h9-10,13,15,31H,3-8H2,1-2H3,(H,28,30). The van der Waals surface area contributed by atoms with E-state index in [2.05, 4.69) is 5.32 Å². The van der Waals surface area contributed by atoms with Crippen molar-refractivity contribution in [3.05, 3.63) is 49.3 Å². The molecule has 1 aromatic carbocycles. The van der Waals surface area contributed by atoms with Crippen molar-refractivity contribution in [1.29, 1.82) is 0 Å². The van der Waals surface area contributed by atoms with Crippen LogP contribution in [0.25, 0.3) is 21.3 Å². The molecule has 0 bridgehead atoms. The molecule has 1 unspecified atom stereocenters. The number of fused-ring (bicyclic) bond motifs is 2. The fraction of sp³-hybridized carbons (Fsp3) is 0.400. The van der Waals surface area contributed by atoms with E-state index in [1.54, 1.807) is 11.5 Å². The van der Waals surface area contributed by atoms with Gasteiger partial charge in [-0.3, -0.25) is 9.59 Å². The van der Waals surface area contributed by atoms with Crippen molar-refractivity contribution in [3.63, 3.8) is 0 Å². The quantitative estimate of drug-likeness (QED) is 0.443. The summed E-state index contributed by atoms with van der Waals surface area (Å²) >= 11 is 7.97. The molecule has 1 atom stereocenters. The second kappa shape index (κ2) is 9.04. The number of aryl methyl sites for hydroxylation is 1. The fourth-order valence-corrected chi connectivity index (χ4v) is 6.36. The average Bonchev–Trinajstić information content (AvgIpc) is 3.55. The zero-order valence-electron chi connectivity index (χ0n) is 19.2. The average molecular weight is 519 g/mol. The number of anilines is 1. The van der Waals surface area contributed by atoms with Gasteiger partial charge in [-0.05, 0) is 50.7 Å². The summed E-state index contributed by atoms with van der Waals surface area (Å²) in [5.41, 5.74) is -0.0448. The lowest BCUT2D eigenvalue weighted by Gasteiger charge is -2.19. The molecule has 3 aromatic rings. The summed E-state index contributed by atoms with van der Waals surface area (Å²) in [6.07, 6.45) is 4.47. The van der Waals surface area contributed by atoms with Crippen molar-refractivity contribution in [2.24, 2.45) is 0 Å². The van der Waals surface area contributed by atoms with Gasteiger partial charge in [-0.1, -0.05) is 11.6 Å². The van der Waals surface area contributed by atoms with Crippen molar-refractivity contribution >= 4 is 51.4 Å². The predicted octanol–water partition coefficient (Wildman–Crippen LogP) is 5.36. The molecule has 5 rings (SSSR count). The lowest BCUT2D eigenvalue weighted by molar-refractivity contribution is -0.114. The van der Waals surface area contributed by atoms with E-state index in [-0.39, 0.29) is 45.4 Å². The molecular weight excluding hydrogens is 495 g/mol. The summed E-state index contributed by atoms with van der Waals surface area (Å²) in [6.45, 7) is 2.96. The molecule has 0 saturated heterocycles. The van der Waals surface area contributed by atoms with Gasteiger partial charge in [0.05, 0.1) is 39.9 Å². The lowest BCUT2D eigenvalue weighted by atomic mass is 9.96. The molecule has 0 spiro atoms. The molecule has 7 nitrogen and oxygen atoms in total. The normalized spacial score (nSPS) is 17.3. The molecule has 2 aliphatic carbocycles. The third-order valence-corrected chi connectivity index (χ3v) is 8.08. The molecule has 0 aliphatic heterocycles. The van der Waals surface area contributed by atoms with Gasteiger partial charge in [0.1, 0.15) is 5.56 Å². The maximum Gasteiger partial charge on any atom is 0.343 e. The first-order valence-electron chi connectivity index (χ1n) is 11.6. The largest absolute Gasteiger partial charge is 0.462 e. The van der Waals surface area contributed by atoms with Crippen molar-refractivity contribution in [3.8, 4) is 10.4 Å². The van der Waals surface area contributed by atoms with Crippen LogP contribution >= 0.6 is 22.9 Å². The van der Waals surface area contributed by atoms with Gasteiger partial charge >= 0.3 is 5.97 Å². The van der Waals surface area contributed by atoms with Crippen molar-refractivity contribution < 1.29 is 23.8 Å². The number of thiophene rings is 1. The summed E-state index contributed by atoms with van der Waals surface area (Å²) in [5.74, 6) is -2.01. The first-order valence-corrected chi connectivity index (χ1v) is 12.8. The van der Waals surface area contributed by atoms with Crippen molar-refractivity contribution in [2.45, 2.75) is 58.1 Å². The Morgan fingerprint density at radius 3 is 2.71 bits per heavy atom. The molecule has 0 radical (unpaired) electrons. The van der Waals surface area contributed by atoms with Crippen LogP contribution in [-0.4, -0.2) is 28.2 Å². The van der Waals surface area contributed by atoms with E-state index >= 15 is 4.39 Å². The number of nitrogens with zero attached hydrogens (tertiary/aromatic N) is 1. The van der Waals surface area contributed by atoms with Crippen LogP contribution in [0.4, 0.5) is 10.1 Å². The maximum atomic E-state index is 16.4. The van der Waals surface area contributed by atoms with Gasteiger partial charge in [-0.2, -0.15) is 0 Å². The van der Waals surface area contributed by atoms with Crippen LogP contribution in [0.5, 0.6) is 0 Å². The molecule has 1 amide bonds. The zero-order chi connectivity index (χ0) is 25.0. The molecule has 2 N–H and O–H groups in total. The number of rotatable bonds is 5. The van der Waals surface area contributed by atoms with Gasteiger partial charge in [0.25, 0.3) is 0 Å². The smallest absolute Gasteiger partial charge is 0.343 e. The highest BCUT2D eigenvalue weighted by Crippen LogP contribution is 2.48. The Hall–Kier alpha value is -2.75. The lowest BCUT2D eigenvalue weighted by Crippen LogP contribution is -2.23. The Morgan fingerprint density at radius 2 is 2.09 bits per heavy atom. The maximum absolute atomic E-state index is 16.4. The van der Waals surface area contributed by atoms with E-state index in [9.17, 15) is 19.5 Å². The molecule has 2 aliphatic rings. The number of ether oxygens (including phenoxy) is 1. The van der Waals surface area contributed by atoms with E-state index in [0.717, 1.165) is 36.1 Å². The minimum atomic E-state index is -0.817. The van der Waals surface area contributed by atoms with Crippen molar-refractivity contribution in [1.82, 2.24) is 4.57 Å². The van der Waals surface area contributed by atoms with Gasteiger partial charge in [0, 0.05) is 28.9 Å². The molecule has 184 valence electrons. The number of nitrogens with one attached hydrogen (secondary N) is 1. The number of amides is 1. The summed E-state index contributed by atoms with van der Waals surface area (Å²) in [4.78, 5) is 39.4. The molecule has 2 heterocycles. The number of aliphatic hydroxyl groups excluding tert-OH is 1. The third-order valence-electron chi connectivity index (χ3n) is 6.40. The van der Waals surface area contributed by atoms with Crippen LogP contribution in [-0.2, 0) is 16.0 Å². The van der Waals surface area contributed by atoms with Gasteiger partial charge in [0.15, 0.2) is 5.82 Å². The van der Waals surface area contributed by atoms with E-state index in [0.29, 0.717) is 11.3 Å². The number of aliphatic hydroxyl groups is 1. The highest BCUT2D eigenvalue weighted by Gasteiger charge is 2.33. The van der Waals surface area contributed by atoms with E-state index < -0.39 is 29.2 Å². The van der Waals surface area contributed by atoms with Gasteiger partial charge in [0.2, 0.25) is 11.3 Å². The van der Waals surface area contributed by atoms with E-state index in [1.807, 2.05) is 6.07 Å². The van der Waals surface area contributed by atoms with E-state index in [4.69, 9.17) is 16.3 Å². The number of hydrogen-bond acceptors (Lipinski definition) is 6. The third kappa shape index (κ3) is 4.05. The number of pyridine rings is 1. The molecule has 2 aromatic heterocycles. The number of carbonyl (C=O) groups excluding carboxylic acids is 2. The van der Waals surface area contributed by atoms with Crippen LogP contribution < -0.4 is 10.7 Å². The van der Waals surface area contributed by atoms with Gasteiger partial charge in [-0.25, -0.2) is 9.18 Å². The van der Waals surface area contributed by atoms with Crippen LogP contribution in [0.2, 0.25) is 5.02 Å². The van der Waals surface area contributed by atoms with Crippen LogP contribution in [0.1, 0.15) is 72.5 Å². The molecular formula is C25H24ClFN2O5S. The summed E-state index contributed by atoms with van der Waals surface area (Å²) < 4.78 is 23.0. The Labute approximate surface area is 209 Å². The fourth-order valence-electron chi connectivity index (χ4n) is 4.70. The number of aromatic nitrogens is 1. The van der Waals surface area contributed by atoms with E-state index in [1.165, 1.54) is 24.5 Å². The highest BCUT2D eigenvalue weighted by molar-refractivity contribution is 7.15. The number of carbonyl (C=O) groups is 2. The summed E-state index contributed by atoms with van der Waals surface area (Å²) in [6, 6.07) is 1.72. The topological polar surface area (TPSA) is 97.6 Å².